The van der Waals surface area contributed by atoms with Crippen LogP contribution in [0.5, 0.6) is 0 Å². The van der Waals surface area contributed by atoms with Crippen molar-refractivity contribution < 1.29 is 9.53 Å². The smallest absolute Gasteiger partial charge is 0.320 e. The second-order valence-corrected chi connectivity index (χ2v) is 3.90. The lowest BCUT2D eigenvalue weighted by molar-refractivity contribution is 0.0430. The average Bonchev–Trinajstić information content (AvgIpc) is 3.04. The summed E-state index contributed by atoms with van der Waals surface area (Å²) in [6.07, 6.45) is 2.37. The first-order valence-electron chi connectivity index (χ1n) is 5.46. The van der Waals surface area contributed by atoms with Crippen LogP contribution >= 0.6 is 0 Å². The first-order chi connectivity index (χ1) is 6.83. The number of morpholine rings is 1. The monoisotopic (exact) mass is 198 g/mol. The third-order valence-electron chi connectivity index (χ3n) is 2.86. The summed E-state index contributed by atoms with van der Waals surface area (Å²) in [6.45, 7) is 5.77. The highest BCUT2D eigenvalue weighted by Crippen LogP contribution is 2.27. The van der Waals surface area contributed by atoms with Gasteiger partial charge in [-0.15, -0.1) is 0 Å². The number of carbonyl (C=O) groups is 1. The van der Waals surface area contributed by atoms with E-state index in [1.165, 1.54) is 12.8 Å². The molecule has 1 aliphatic heterocycles. The molecule has 2 rings (SSSR count). The van der Waals surface area contributed by atoms with E-state index >= 15 is 0 Å². The van der Waals surface area contributed by atoms with Crippen molar-refractivity contribution in [2.24, 2.45) is 0 Å². The number of rotatable bonds is 2. The molecular weight excluding hydrogens is 180 g/mol. The third kappa shape index (κ3) is 2.00. The van der Waals surface area contributed by atoms with Crippen LogP contribution in [-0.4, -0.2) is 54.7 Å². The lowest BCUT2D eigenvalue weighted by Crippen LogP contribution is -2.48. The lowest BCUT2D eigenvalue weighted by atomic mass is 10.4. The molecule has 0 spiro atoms. The van der Waals surface area contributed by atoms with Gasteiger partial charge in [-0.25, -0.2) is 4.79 Å². The molecule has 4 heteroatoms. The van der Waals surface area contributed by atoms with Crippen LogP contribution in [-0.2, 0) is 4.74 Å². The summed E-state index contributed by atoms with van der Waals surface area (Å²) in [6, 6.07) is 0.730. The van der Waals surface area contributed by atoms with E-state index in [0.717, 1.165) is 19.6 Å². The van der Waals surface area contributed by atoms with Crippen molar-refractivity contribution in [2.75, 3.05) is 32.8 Å². The van der Waals surface area contributed by atoms with Gasteiger partial charge in [-0.3, -0.25) is 0 Å². The van der Waals surface area contributed by atoms with Gasteiger partial charge in [0.15, 0.2) is 0 Å². The molecule has 1 aliphatic carbocycles. The number of hydrogen-bond donors (Lipinski definition) is 0. The highest BCUT2D eigenvalue weighted by Gasteiger charge is 2.33. The first-order valence-corrected chi connectivity index (χ1v) is 5.46. The largest absolute Gasteiger partial charge is 0.378 e. The number of nitrogens with zero attached hydrogens (tertiary/aromatic N) is 2. The van der Waals surface area contributed by atoms with Crippen molar-refractivity contribution in [1.29, 1.82) is 0 Å². The predicted octanol–water partition coefficient (Wildman–Crippen LogP) is 0.923. The van der Waals surface area contributed by atoms with E-state index in [9.17, 15) is 4.79 Å². The van der Waals surface area contributed by atoms with E-state index in [1.807, 2.05) is 9.80 Å². The molecule has 0 N–H and O–H groups in total. The van der Waals surface area contributed by atoms with Crippen LogP contribution in [0.3, 0.4) is 0 Å². The molecule has 0 aromatic rings. The molecule has 14 heavy (non-hydrogen) atoms. The molecule has 4 nitrogen and oxygen atoms in total. The number of urea groups is 1. The van der Waals surface area contributed by atoms with E-state index in [0.29, 0.717) is 19.3 Å². The Morgan fingerprint density at radius 2 is 2.07 bits per heavy atom. The zero-order chi connectivity index (χ0) is 9.97. The normalized spacial score (nSPS) is 22.2. The molecule has 0 aromatic carbocycles. The Bertz CT molecular complexity index is 210. The van der Waals surface area contributed by atoms with Gasteiger partial charge in [0.05, 0.1) is 13.2 Å². The fourth-order valence-corrected chi connectivity index (χ4v) is 1.87. The Morgan fingerprint density at radius 3 is 2.57 bits per heavy atom. The average molecular weight is 198 g/mol. The molecule has 0 aromatic heterocycles. The minimum atomic E-state index is 0.207. The molecule has 1 heterocycles. The van der Waals surface area contributed by atoms with Gasteiger partial charge in [-0.2, -0.15) is 0 Å². The summed E-state index contributed by atoms with van der Waals surface area (Å²) in [5, 5.41) is 0. The Morgan fingerprint density at radius 1 is 1.43 bits per heavy atom. The van der Waals surface area contributed by atoms with E-state index in [1.54, 1.807) is 0 Å². The molecular formula is C10H18N2O2. The van der Waals surface area contributed by atoms with E-state index < -0.39 is 0 Å². The van der Waals surface area contributed by atoms with Gasteiger partial charge in [-0.05, 0) is 19.8 Å². The third-order valence-corrected chi connectivity index (χ3v) is 2.86. The molecule has 0 bridgehead atoms. The van der Waals surface area contributed by atoms with Gasteiger partial charge in [0.1, 0.15) is 0 Å². The Balaban J connectivity index is 1.90. The minimum Gasteiger partial charge on any atom is -0.378 e. The maximum atomic E-state index is 12.0. The fourth-order valence-electron chi connectivity index (χ4n) is 1.87. The first kappa shape index (κ1) is 9.77. The van der Waals surface area contributed by atoms with Crippen molar-refractivity contribution in [3.8, 4) is 0 Å². The van der Waals surface area contributed by atoms with Crippen molar-refractivity contribution in [1.82, 2.24) is 9.80 Å². The van der Waals surface area contributed by atoms with Crippen LogP contribution in [0.25, 0.3) is 0 Å². The molecule has 2 amide bonds. The number of carbonyl (C=O) groups excluding carboxylic acids is 1. The number of amides is 2. The molecule has 1 saturated heterocycles. The van der Waals surface area contributed by atoms with Crippen LogP contribution in [0.1, 0.15) is 19.8 Å². The molecule has 1 saturated carbocycles. The summed E-state index contributed by atoms with van der Waals surface area (Å²) < 4.78 is 5.23. The summed E-state index contributed by atoms with van der Waals surface area (Å²) in [7, 11) is 0. The number of hydrogen-bond acceptors (Lipinski definition) is 2. The highest BCUT2D eigenvalue weighted by molar-refractivity contribution is 5.75. The lowest BCUT2D eigenvalue weighted by Gasteiger charge is -2.32. The summed E-state index contributed by atoms with van der Waals surface area (Å²) in [5.74, 6) is 0. The summed E-state index contributed by atoms with van der Waals surface area (Å²) in [5.41, 5.74) is 0. The van der Waals surface area contributed by atoms with Gasteiger partial charge in [0, 0.05) is 25.7 Å². The van der Waals surface area contributed by atoms with Gasteiger partial charge in [-0.1, -0.05) is 0 Å². The standard InChI is InChI=1S/C10H18N2O2/c1-2-12(9-3-4-9)10(13)11-5-7-14-8-6-11/h9H,2-8H2,1H3. The fraction of sp³-hybridized carbons (Fsp3) is 0.900. The Labute approximate surface area is 84.8 Å². The Kier molecular flexibility index (Phi) is 2.91. The molecule has 2 fully saturated rings. The topological polar surface area (TPSA) is 32.8 Å². The number of ether oxygens (including phenoxy) is 1. The molecule has 0 atom stereocenters. The second kappa shape index (κ2) is 4.17. The van der Waals surface area contributed by atoms with Gasteiger partial charge in [0.25, 0.3) is 0 Å². The Hall–Kier alpha value is -0.770. The van der Waals surface area contributed by atoms with Crippen molar-refractivity contribution >= 4 is 6.03 Å². The van der Waals surface area contributed by atoms with Crippen LogP contribution in [0.15, 0.2) is 0 Å². The zero-order valence-electron chi connectivity index (χ0n) is 8.74. The van der Waals surface area contributed by atoms with Crippen molar-refractivity contribution in [3.05, 3.63) is 0 Å². The SMILES string of the molecule is CCN(C(=O)N1CCOCC1)C1CC1. The van der Waals surface area contributed by atoms with Crippen LogP contribution in [0.2, 0.25) is 0 Å². The van der Waals surface area contributed by atoms with Crippen LogP contribution in [0.4, 0.5) is 4.79 Å². The van der Waals surface area contributed by atoms with Crippen molar-refractivity contribution in [2.45, 2.75) is 25.8 Å². The maximum Gasteiger partial charge on any atom is 0.320 e. The quantitative estimate of drug-likeness (QED) is 0.661. The molecule has 0 unspecified atom stereocenters. The summed E-state index contributed by atoms with van der Waals surface area (Å²) in [4.78, 5) is 15.9. The van der Waals surface area contributed by atoms with Gasteiger partial charge < -0.3 is 14.5 Å². The van der Waals surface area contributed by atoms with E-state index in [4.69, 9.17) is 4.74 Å². The van der Waals surface area contributed by atoms with E-state index in [-0.39, 0.29) is 6.03 Å². The molecule has 0 radical (unpaired) electrons. The second-order valence-electron chi connectivity index (χ2n) is 3.90. The predicted molar refractivity (Wildman–Crippen MR) is 53.2 cm³/mol. The summed E-state index contributed by atoms with van der Waals surface area (Å²) >= 11 is 0. The highest BCUT2D eigenvalue weighted by atomic mass is 16.5. The van der Waals surface area contributed by atoms with Crippen LogP contribution < -0.4 is 0 Å². The van der Waals surface area contributed by atoms with Gasteiger partial charge >= 0.3 is 6.03 Å². The minimum absolute atomic E-state index is 0.207. The van der Waals surface area contributed by atoms with Crippen molar-refractivity contribution in [3.63, 3.8) is 0 Å². The van der Waals surface area contributed by atoms with E-state index in [2.05, 4.69) is 6.92 Å². The maximum absolute atomic E-state index is 12.0. The van der Waals surface area contributed by atoms with Gasteiger partial charge in [0.2, 0.25) is 0 Å². The zero-order valence-corrected chi connectivity index (χ0v) is 8.74. The molecule has 80 valence electrons. The van der Waals surface area contributed by atoms with Crippen LogP contribution in [0, 0.1) is 0 Å². The molecule has 2 aliphatic rings.